The topological polar surface area (TPSA) is 109 Å². The molecule has 3 aromatic rings. The van der Waals surface area contributed by atoms with Crippen molar-refractivity contribution in [1.29, 1.82) is 0 Å². The van der Waals surface area contributed by atoms with Crippen LogP contribution in [0.4, 0.5) is 10.5 Å². The van der Waals surface area contributed by atoms with Gasteiger partial charge in [0.2, 0.25) is 0 Å². The maximum absolute atomic E-state index is 13.1. The largest absolute Gasteiger partial charge is 0.447 e. The van der Waals surface area contributed by atoms with Gasteiger partial charge in [-0.05, 0) is 57.2 Å². The molecule has 10 heteroatoms. The zero-order valence-electron chi connectivity index (χ0n) is 19.8. The fourth-order valence-electron chi connectivity index (χ4n) is 4.05. The number of para-hydroxylation sites is 1. The molecule has 35 heavy (non-hydrogen) atoms. The van der Waals surface area contributed by atoms with E-state index in [0.29, 0.717) is 36.4 Å². The van der Waals surface area contributed by atoms with Crippen molar-refractivity contribution >= 4 is 38.6 Å². The predicted molar refractivity (Wildman–Crippen MR) is 133 cm³/mol. The molecule has 0 aliphatic carbocycles. The lowest BCUT2D eigenvalue weighted by Crippen LogP contribution is -2.55. The molecular formula is C25H28N4O5S. The van der Waals surface area contributed by atoms with Crippen LogP contribution in [0.15, 0.2) is 65.7 Å². The average molecular weight is 497 g/mol. The number of benzene rings is 2. The third-order valence-electron chi connectivity index (χ3n) is 5.75. The number of hydrogen-bond acceptors (Lipinski definition) is 6. The van der Waals surface area contributed by atoms with Gasteiger partial charge in [0.25, 0.3) is 15.9 Å². The number of carbonyl (C=O) groups excluding carboxylic acids is 2. The molecule has 2 heterocycles. The van der Waals surface area contributed by atoms with Crippen molar-refractivity contribution in [2.75, 3.05) is 24.4 Å². The Morgan fingerprint density at radius 2 is 1.77 bits per heavy atom. The number of fused-ring (bicyclic) bond motifs is 1. The molecule has 1 atom stereocenters. The Morgan fingerprint density at radius 1 is 1.06 bits per heavy atom. The SMILES string of the molecule is CC(C)OC(=O)N1CCN(C(=O)c2ccc(NS(=O)(=O)c3cccc4cccnc34)cc2)C(C)C1. The first-order valence-electron chi connectivity index (χ1n) is 11.4. The summed E-state index contributed by atoms with van der Waals surface area (Å²) in [7, 11) is -3.88. The fourth-order valence-corrected chi connectivity index (χ4v) is 5.29. The van der Waals surface area contributed by atoms with Crippen molar-refractivity contribution in [2.45, 2.75) is 37.8 Å². The predicted octanol–water partition coefficient (Wildman–Crippen LogP) is 3.73. The van der Waals surface area contributed by atoms with Crippen molar-refractivity contribution in [1.82, 2.24) is 14.8 Å². The lowest BCUT2D eigenvalue weighted by atomic mass is 10.1. The van der Waals surface area contributed by atoms with E-state index in [4.69, 9.17) is 4.74 Å². The Balaban J connectivity index is 1.44. The maximum Gasteiger partial charge on any atom is 0.410 e. The summed E-state index contributed by atoms with van der Waals surface area (Å²) in [6.45, 7) is 6.63. The average Bonchev–Trinajstić information content (AvgIpc) is 2.83. The molecule has 0 radical (unpaired) electrons. The summed E-state index contributed by atoms with van der Waals surface area (Å²) in [5.74, 6) is -0.179. The van der Waals surface area contributed by atoms with Crippen LogP contribution in [0.25, 0.3) is 10.9 Å². The second-order valence-corrected chi connectivity index (χ2v) is 10.4. The van der Waals surface area contributed by atoms with Gasteiger partial charge >= 0.3 is 6.09 Å². The van der Waals surface area contributed by atoms with E-state index in [0.717, 1.165) is 5.39 Å². The van der Waals surface area contributed by atoms with Crippen LogP contribution in [-0.4, -0.2) is 67.0 Å². The van der Waals surface area contributed by atoms with Crippen LogP contribution in [0, 0.1) is 0 Å². The van der Waals surface area contributed by atoms with E-state index in [1.807, 2.05) is 6.92 Å². The van der Waals surface area contributed by atoms with Gasteiger partial charge in [-0.1, -0.05) is 18.2 Å². The summed E-state index contributed by atoms with van der Waals surface area (Å²) in [5, 5.41) is 0.725. The Morgan fingerprint density at radius 3 is 2.46 bits per heavy atom. The zero-order valence-corrected chi connectivity index (χ0v) is 20.7. The number of piperazine rings is 1. The second-order valence-electron chi connectivity index (χ2n) is 8.74. The monoisotopic (exact) mass is 496 g/mol. The van der Waals surface area contributed by atoms with E-state index in [2.05, 4.69) is 9.71 Å². The Kier molecular flexibility index (Phi) is 6.93. The van der Waals surface area contributed by atoms with Gasteiger partial charge < -0.3 is 14.5 Å². The zero-order chi connectivity index (χ0) is 25.2. The first kappa shape index (κ1) is 24.5. The highest BCUT2D eigenvalue weighted by Gasteiger charge is 2.31. The molecule has 0 saturated carbocycles. The van der Waals surface area contributed by atoms with Crippen molar-refractivity contribution in [3.63, 3.8) is 0 Å². The van der Waals surface area contributed by atoms with Crippen LogP contribution in [-0.2, 0) is 14.8 Å². The maximum atomic E-state index is 13.1. The Hall–Kier alpha value is -3.66. The van der Waals surface area contributed by atoms with Crippen LogP contribution in [0.2, 0.25) is 0 Å². The quantitative estimate of drug-likeness (QED) is 0.577. The second kappa shape index (κ2) is 9.91. The van der Waals surface area contributed by atoms with Gasteiger partial charge in [0.15, 0.2) is 0 Å². The number of anilines is 1. The number of rotatable bonds is 5. The summed E-state index contributed by atoms with van der Waals surface area (Å²) in [5.41, 5.74) is 1.16. The first-order valence-corrected chi connectivity index (χ1v) is 12.9. The summed E-state index contributed by atoms with van der Waals surface area (Å²) in [6.07, 6.45) is 0.970. The van der Waals surface area contributed by atoms with Crippen LogP contribution in [0.3, 0.4) is 0 Å². The Bertz CT molecular complexity index is 1340. The summed E-state index contributed by atoms with van der Waals surface area (Å²) < 4.78 is 33.8. The minimum atomic E-state index is -3.88. The number of aromatic nitrogens is 1. The van der Waals surface area contributed by atoms with Crippen molar-refractivity contribution in [3.05, 3.63) is 66.4 Å². The van der Waals surface area contributed by atoms with Crippen LogP contribution in [0.1, 0.15) is 31.1 Å². The van der Waals surface area contributed by atoms with Gasteiger partial charge in [-0.3, -0.25) is 14.5 Å². The number of nitrogens with one attached hydrogen (secondary N) is 1. The fraction of sp³-hybridized carbons (Fsp3) is 0.320. The molecule has 1 aromatic heterocycles. The number of ether oxygens (including phenoxy) is 1. The van der Waals surface area contributed by atoms with Gasteiger partial charge in [-0.2, -0.15) is 0 Å². The van der Waals surface area contributed by atoms with Gasteiger partial charge in [-0.15, -0.1) is 0 Å². The van der Waals surface area contributed by atoms with E-state index in [1.54, 1.807) is 78.4 Å². The van der Waals surface area contributed by atoms with E-state index < -0.39 is 10.0 Å². The molecule has 1 N–H and O–H groups in total. The molecule has 2 amide bonds. The van der Waals surface area contributed by atoms with Crippen LogP contribution in [0.5, 0.6) is 0 Å². The number of pyridine rings is 1. The number of amides is 2. The van der Waals surface area contributed by atoms with Crippen LogP contribution >= 0.6 is 0 Å². The number of sulfonamides is 1. The molecule has 1 fully saturated rings. The lowest BCUT2D eigenvalue weighted by molar-refractivity contribution is 0.0338. The molecule has 2 aromatic carbocycles. The molecular weight excluding hydrogens is 468 g/mol. The number of hydrogen-bond donors (Lipinski definition) is 1. The standard InChI is InChI=1S/C25H28N4O5S/c1-17(2)34-25(31)28-14-15-29(18(3)16-28)24(30)20-9-11-21(12-10-20)27-35(32,33)22-8-4-6-19-7-5-13-26-23(19)22/h4-13,17-18,27H,14-16H2,1-3H3. The molecule has 1 aliphatic heterocycles. The van der Waals surface area contributed by atoms with Gasteiger partial charge in [-0.25, -0.2) is 13.2 Å². The summed E-state index contributed by atoms with van der Waals surface area (Å²) in [4.78, 5) is 32.9. The summed E-state index contributed by atoms with van der Waals surface area (Å²) >= 11 is 0. The van der Waals surface area contributed by atoms with E-state index >= 15 is 0 Å². The summed E-state index contributed by atoms with van der Waals surface area (Å²) in [6, 6.07) is 14.6. The number of carbonyl (C=O) groups is 2. The lowest BCUT2D eigenvalue weighted by Gasteiger charge is -2.39. The highest BCUT2D eigenvalue weighted by molar-refractivity contribution is 7.93. The van der Waals surface area contributed by atoms with E-state index in [9.17, 15) is 18.0 Å². The Labute approximate surface area is 204 Å². The minimum absolute atomic E-state index is 0.0819. The molecule has 1 saturated heterocycles. The smallest absolute Gasteiger partial charge is 0.410 e. The molecule has 9 nitrogen and oxygen atoms in total. The third-order valence-corrected chi connectivity index (χ3v) is 7.17. The highest BCUT2D eigenvalue weighted by Crippen LogP contribution is 2.24. The molecule has 4 rings (SSSR count). The molecule has 0 spiro atoms. The molecule has 0 bridgehead atoms. The highest BCUT2D eigenvalue weighted by atomic mass is 32.2. The van der Waals surface area contributed by atoms with E-state index in [1.165, 1.54) is 6.07 Å². The number of nitrogens with zero attached hydrogens (tertiary/aromatic N) is 3. The minimum Gasteiger partial charge on any atom is -0.447 e. The molecule has 1 aliphatic rings. The molecule has 1 unspecified atom stereocenters. The van der Waals surface area contributed by atoms with Crippen molar-refractivity contribution in [3.8, 4) is 0 Å². The van der Waals surface area contributed by atoms with Crippen molar-refractivity contribution < 1.29 is 22.7 Å². The van der Waals surface area contributed by atoms with E-state index in [-0.39, 0.29) is 29.0 Å². The van der Waals surface area contributed by atoms with Crippen molar-refractivity contribution in [2.24, 2.45) is 0 Å². The van der Waals surface area contributed by atoms with Gasteiger partial charge in [0.1, 0.15) is 4.90 Å². The van der Waals surface area contributed by atoms with Gasteiger partial charge in [0, 0.05) is 48.5 Å². The third kappa shape index (κ3) is 5.37. The normalized spacial score (nSPS) is 16.4. The van der Waals surface area contributed by atoms with Gasteiger partial charge in [0.05, 0.1) is 11.6 Å². The molecule has 184 valence electrons. The van der Waals surface area contributed by atoms with Crippen LogP contribution < -0.4 is 4.72 Å². The first-order chi connectivity index (χ1) is 16.7.